The van der Waals surface area contributed by atoms with E-state index >= 15 is 0 Å². The van der Waals surface area contributed by atoms with Crippen molar-refractivity contribution in [1.29, 1.82) is 0 Å². The van der Waals surface area contributed by atoms with E-state index in [4.69, 9.17) is 4.74 Å². The number of methoxy groups -OCH3 is 1. The Morgan fingerprint density at radius 2 is 1.72 bits per heavy atom. The number of likely N-dealkylation sites (tertiary alicyclic amines) is 2. The Kier molecular flexibility index (Phi) is 6.73. The predicted octanol–water partition coefficient (Wildman–Crippen LogP) is 2.46. The molecule has 4 rings (SSSR count). The molecular formula is C25H29N3O4. The Labute approximate surface area is 188 Å². The molecule has 0 aliphatic carbocycles. The van der Waals surface area contributed by atoms with Crippen LogP contribution in [0.3, 0.4) is 0 Å². The molecule has 0 bridgehead atoms. The predicted molar refractivity (Wildman–Crippen MR) is 120 cm³/mol. The van der Waals surface area contributed by atoms with Crippen LogP contribution in [-0.2, 0) is 16.1 Å². The van der Waals surface area contributed by atoms with Crippen LogP contribution in [0.1, 0.15) is 35.2 Å². The number of benzene rings is 2. The molecule has 2 saturated heterocycles. The average Bonchev–Trinajstić information content (AvgIpc) is 3.19. The first-order valence-corrected chi connectivity index (χ1v) is 11.1. The summed E-state index contributed by atoms with van der Waals surface area (Å²) < 4.78 is 5.27. The molecule has 2 aliphatic heterocycles. The van der Waals surface area contributed by atoms with E-state index in [1.54, 1.807) is 24.1 Å². The Morgan fingerprint density at radius 3 is 2.44 bits per heavy atom. The fourth-order valence-corrected chi connectivity index (χ4v) is 4.49. The number of nitrogens with zero attached hydrogens (tertiary/aromatic N) is 2. The molecule has 2 aliphatic rings. The standard InChI is InChI=1S/C25H29N3O4/c1-32-22-10-6-5-9-21(22)24(30)26-20-11-13-27(14-12-20)25(31)19-15-23(29)28(17-19)16-18-7-3-2-4-8-18/h2-10,19-20H,11-17H2,1H3,(H,26,30). The van der Waals surface area contributed by atoms with Crippen molar-refractivity contribution in [2.75, 3.05) is 26.7 Å². The summed E-state index contributed by atoms with van der Waals surface area (Å²) in [6.45, 7) is 2.18. The Balaban J connectivity index is 1.27. The molecule has 2 aromatic carbocycles. The van der Waals surface area contributed by atoms with Gasteiger partial charge in [0, 0.05) is 38.6 Å². The topological polar surface area (TPSA) is 79.0 Å². The lowest BCUT2D eigenvalue weighted by Gasteiger charge is -2.34. The molecule has 0 radical (unpaired) electrons. The molecule has 7 nitrogen and oxygen atoms in total. The lowest BCUT2D eigenvalue weighted by Crippen LogP contribution is -2.48. The van der Waals surface area contributed by atoms with E-state index in [-0.39, 0.29) is 36.1 Å². The van der Waals surface area contributed by atoms with Gasteiger partial charge in [-0.25, -0.2) is 0 Å². The van der Waals surface area contributed by atoms with E-state index in [9.17, 15) is 14.4 Å². The molecule has 1 unspecified atom stereocenters. The van der Waals surface area contributed by atoms with Gasteiger partial charge in [-0.2, -0.15) is 0 Å². The number of ether oxygens (including phenoxy) is 1. The van der Waals surface area contributed by atoms with Gasteiger partial charge in [-0.3, -0.25) is 14.4 Å². The molecular weight excluding hydrogens is 406 g/mol. The number of para-hydroxylation sites is 1. The molecule has 0 aromatic heterocycles. The normalized spacial score (nSPS) is 19.2. The minimum Gasteiger partial charge on any atom is -0.496 e. The maximum Gasteiger partial charge on any atom is 0.255 e. The highest BCUT2D eigenvalue weighted by molar-refractivity contribution is 5.97. The van der Waals surface area contributed by atoms with Gasteiger partial charge in [-0.1, -0.05) is 42.5 Å². The van der Waals surface area contributed by atoms with Crippen LogP contribution in [0, 0.1) is 5.92 Å². The van der Waals surface area contributed by atoms with E-state index in [0.717, 1.165) is 5.56 Å². The van der Waals surface area contributed by atoms with Crippen LogP contribution in [0.2, 0.25) is 0 Å². The lowest BCUT2D eigenvalue weighted by molar-refractivity contribution is -0.136. The molecule has 7 heteroatoms. The van der Waals surface area contributed by atoms with Gasteiger partial charge >= 0.3 is 0 Å². The highest BCUT2D eigenvalue weighted by Gasteiger charge is 2.37. The number of hydrogen-bond donors (Lipinski definition) is 1. The quantitative estimate of drug-likeness (QED) is 0.756. The van der Waals surface area contributed by atoms with Crippen molar-refractivity contribution in [1.82, 2.24) is 15.1 Å². The summed E-state index contributed by atoms with van der Waals surface area (Å²) >= 11 is 0. The third-order valence-electron chi connectivity index (χ3n) is 6.27. The highest BCUT2D eigenvalue weighted by atomic mass is 16.5. The second kappa shape index (κ2) is 9.85. The summed E-state index contributed by atoms with van der Waals surface area (Å²) in [4.78, 5) is 41.7. The van der Waals surface area contributed by atoms with Gasteiger partial charge in [0.2, 0.25) is 11.8 Å². The number of hydrogen-bond acceptors (Lipinski definition) is 4. The third-order valence-corrected chi connectivity index (χ3v) is 6.27. The minimum atomic E-state index is -0.286. The first-order chi connectivity index (χ1) is 15.5. The van der Waals surface area contributed by atoms with Gasteiger partial charge < -0.3 is 19.9 Å². The maximum absolute atomic E-state index is 13.0. The Morgan fingerprint density at radius 1 is 1.03 bits per heavy atom. The summed E-state index contributed by atoms with van der Waals surface area (Å²) in [6, 6.07) is 17.0. The lowest BCUT2D eigenvalue weighted by atomic mass is 10.0. The molecule has 3 amide bonds. The van der Waals surface area contributed by atoms with Crippen LogP contribution >= 0.6 is 0 Å². The summed E-state index contributed by atoms with van der Waals surface area (Å²) in [6.07, 6.45) is 1.66. The monoisotopic (exact) mass is 435 g/mol. The fraction of sp³-hybridized carbons (Fsp3) is 0.400. The van der Waals surface area contributed by atoms with Crippen LogP contribution in [0.15, 0.2) is 54.6 Å². The summed E-state index contributed by atoms with van der Waals surface area (Å²) in [7, 11) is 1.55. The maximum atomic E-state index is 13.0. The SMILES string of the molecule is COc1ccccc1C(=O)NC1CCN(C(=O)C2CC(=O)N(Cc3ccccc3)C2)CC1. The summed E-state index contributed by atoms with van der Waals surface area (Å²) in [5, 5.41) is 3.06. The van der Waals surface area contributed by atoms with Gasteiger partial charge in [-0.05, 0) is 30.5 Å². The zero-order chi connectivity index (χ0) is 22.5. The first kappa shape index (κ1) is 21.9. The minimum absolute atomic E-state index is 0.0104. The van der Waals surface area contributed by atoms with Crippen molar-refractivity contribution in [2.24, 2.45) is 5.92 Å². The molecule has 2 heterocycles. The van der Waals surface area contributed by atoms with Crippen molar-refractivity contribution >= 4 is 17.7 Å². The molecule has 0 spiro atoms. The third kappa shape index (κ3) is 4.93. The second-order valence-corrected chi connectivity index (χ2v) is 8.43. The van der Waals surface area contributed by atoms with Crippen LogP contribution in [0.25, 0.3) is 0 Å². The van der Waals surface area contributed by atoms with Crippen molar-refractivity contribution in [3.8, 4) is 5.75 Å². The number of amides is 3. The average molecular weight is 436 g/mol. The number of piperidine rings is 1. The van der Waals surface area contributed by atoms with Gasteiger partial charge in [-0.15, -0.1) is 0 Å². The smallest absolute Gasteiger partial charge is 0.255 e. The van der Waals surface area contributed by atoms with Gasteiger partial charge in [0.25, 0.3) is 5.91 Å². The van der Waals surface area contributed by atoms with Crippen LogP contribution in [0.5, 0.6) is 5.75 Å². The zero-order valence-corrected chi connectivity index (χ0v) is 18.3. The van der Waals surface area contributed by atoms with Crippen LogP contribution in [0.4, 0.5) is 0 Å². The van der Waals surface area contributed by atoms with Gasteiger partial charge in [0.05, 0.1) is 18.6 Å². The molecule has 2 aromatic rings. The van der Waals surface area contributed by atoms with Crippen molar-refractivity contribution < 1.29 is 19.1 Å². The van der Waals surface area contributed by atoms with Crippen molar-refractivity contribution in [3.05, 3.63) is 65.7 Å². The van der Waals surface area contributed by atoms with Gasteiger partial charge in [0.1, 0.15) is 5.75 Å². The van der Waals surface area contributed by atoms with E-state index in [1.165, 1.54) is 0 Å². The molecule has 2 fully saturated rings. The highest BCUT2D eigenvalue weighted by Crippen LogP contribution is 2.24. The molecule has 1 N–H and O–H groups in total. The molecule has 168 valence electrons. The molecule has 0 saturated carbocycles. The molecule has 1 atom stereocenters. The number of nitrogens with one attached hydrogen (secondary N) is 1. The fourth-order valence-electron chi connectivity index (χ4n) is 4.49. The van der Waals surface area contributed by atoms with E-state index in [0.29, 0.717) is 50.3 Å². The van der Waals surface area contributed by atoms with Gasteiger partial charge in [0.15, 0.2) is 0 Å². The van der Waals surface area contributed by atoms with Crippen molar-refractivity contribution in [3.63, 3.8) is 0 Å². The second-order valence-electron chi connectivity index (χ2n) is 8.43. The van der Waals surface area contributed by atoms with E-state index in [2.05, 4.69) is 5.32 Å². The number of carbonyl (C=O) groups is 3. The zero-order valence-electron chi connectivity index (χ0n) is 18.3. The Hall–Kier alpha value is -3.35. The van der Waals surface area contributed by atoms with Crippen molar-refractivity contribution in [2.45, 2.75) is 31.8 Å². The summed E-state index contributed by atoms with van der Waals surface area (Å²) in [5.41, 5.74) is 1.58. The van der Waals surface area contributed by atoms with Crippen LogP contribution < -0.4 is 10.1 Å². The van der Waals surface area contributed by atoms with E-state index in [1.807, 2.05) is 47.4 Å². The van der Waals surface area contributed by atoms with Crippen LogP contribution in [-0.4, -0.2) is 60.3 Å². The number of rotatable bonds is 6. The van der Waals surface area contributed by atoms with E-state index < -0.39 is 0 Å². The Bertz CT molecular complexity index is 970. The molecule has 32 heavy (non-hydrogen) atoms. The summed E-state index contributed by atoms with van der Waals surface area (Å²) in [5.74, 6) is 0.175. The largest absolute Gasteiger partial charge is 0.496 e. The number of carbonyl (C=O) groups excluding carboxylic acids is 3. The first-order valence-electron chi connectivity index (χ1n) is 11.1.